The van der Waals surface area contributed by atoms with Crippen molar-refractivity contribution in [2.75, 3.05) is 26.2 Å². The van der Waals surface area contributed by atoms with Gasteiger partial charge in [0, 0.05) is 73.2 Å². The molecular formula is C61H90N22O9. The van der Waals surface area contributed by atoms with Gasteiger partial charge in [0.25, 0.3) is 0 Å². The van der Waals surface area contributed by atoms with Crippen molar-refractivity contribution < 1.29 is 43.5 Å². The van der Waals surface area contributed by atoms with Gasteiger partial charge in [-0.25, -0.2) is 4.79 Å². The van der Waals surface area contributed by atoms with Crippen LogP contribution >= 0.6 is 0 Å². The summed E-state index contributed by atoms with van der Waals surface area (Å²) in [5, 5.41) is 30.8. The second-order valence-electron chi connectivity index (χ2n) is 22.3. The Morgan fingerprint density at radius 1 is 0.435 bits per heavy atom. The van der Waals surface area contributed by atoms with Gasteiger partial charge in [-0.1, -0.05) is 87.0 Å². The molecule has 0 unspecified atom stereocenters. The van der Waals surface area contributed by atoms with Crippen molar-refractivity contribution in [3.63, 3.8) is 0 Å². The third-order valence-corrected chi connectivity index (χ3v) is 15.2. The van der Waals surface area contributed by atoms with Crippen LogP contribution in [0.4, 0.5) is 0 Å². The standard InChI is InChI=1S/C61H90N22O9/c1-3-34(2)49(56(90)79-45(23-13-27-73-60(67)68)52(86)80-46(57(91)92)24-14-28-74-61(69)70)83-55(89)48(31-37-33-76-42-20-10-8-18-39(37)42)82-53(87)44(22-12-26-72-59(65)66)77-51(85)43(21-11-25-71-58(63)64)78-54(88)47(30-36-32-75-41-19-9-7-17-38(36)41)81-50(84)40(62)29-35-15-5-4-6-16-35/h4-10,15-20,32-34,40,43-49,75-76H,3,11-14,21-31,62H2,1-2H3,(H,77,85)(H,78,88)(H,79,90)(H,80,86)(H,81,84)(H,82,87)(H,83,89)(H,91,92)(H4,63,64,71)(H4,65,66,72)(H4,67,68,73)(H4,69,70,74)/t34-,40-,43-,44-,45-,46-,47-,48-,49-/m0/s1. The van der Waals surface area contributed by atoms with Crippen molar-refractivity contribution in [2.24, 2.45) is 77.5 Å². The summed E-state index contributed by atoms with van der Waals surface area (Å²) < 4.78 is 0. The minimum atomic E-state index is -1.47. The van der Waals surface area contributed by atoms with Crippen molar-refractivity contribution in [2.45, 2.75) is 139 Å². The number of rotatable bonds is 39. The summed E-state index contributed by atoms with van der Waals surface area (Å²) in [7, 11) is 0. The zero-order valence-corrected chi connectivity index (χ0v) is 51.9. The third-order valence-electron chi connectivity index (χ3n) is 15.2. The number of nitrogens with two attached hydrogens (primary N) is 9. The molecule has 9 atom stereocenters. The number of carbonyl (C=O) groups excluding carboxylic acids is 7. The molecule has 0 radical (unpaired) electrons. The summed E-state index contributed by atoms with van der Waals surface area (Å²) in [6.45, 7) is 3.65. The predicted molar refractivity (Wildman–Crippen MR) is 352 cm³/mol. The van der Waals surface area contributed by atoms with Gasteiger partial charge in [0.2, 0.25) is 41.4 Å². The Hall–Kier alpha value is -10.5. The van der Waals surface area contributed by atoms with Gasteiger partial charge in [0.05, 0.1) is 6.04 Å². The van der Waals surface area contributed by atoms with E-state index in [4.69, 9.17) is 51.6 Å². The molecule has 0 bridgehead atoms. The van der Waals surface area contributed by atoms with E-state index >= 15 is 9.59 Å². The Kier molecular flexibility index (Phi) is 29.0. The highest BCUT2D eigenvalue weighted by atomic mass is 16.4. The molecule has 2 aromatic heterocycles. The van der Waals surface area contributed by atoms with E-state index < -0.39 is 102 Å². The fourth-order valence-electron chi connectivity index (χ4n) is 10.1. The molecule has 0 fully saturated rings. The Bertz CT molecular complexity index is 3390. The van der Waals surface area contributed by atoms with Crippen LogP contribution in [0.25, 0.3) is 21.8 Å². The van der Waals surface area contributed by atoms with Crippen LogP contribution in [0.15, 0.2) is 111 Å². The molecule has 5 aromatic rings. The molecule has 31 nitrogen and oxygen atoms in total. The first-order valence-corrected chi connectivity index (χ1v) is 30.4. The van der Waals surface area contributed by atoms with Crippen LogP contribution < -0.4 is 88.8 Å². The van der Waals surface area contributed by atoms with Gasteiger partial charge in [0.15, 0.2) is 23.8 Å². The average Bonchev–Trinajstić information content (AvgIpc) is 1.88. The largest absolute Gasteiger partial charge is 0.480 e. The second kappa shape index (κ2) is 36.9. The van der Waals surface area contributed by atoms with Crippen LogP contribution in [0.3, 0.4) is 0 Å². The van der Waals surface area contributed by atoms with E-state index in [0.29, 0.717) is 28.5 Å². The Balaban J connectivity index is 1.48. The number of benzene rings is 3. The number of aliphatic imine (C=N–C) groups is 4. The Morgan fingerprint density at radius 3 is 1.17 bits per heavy atom. The Morgan fingerprint density at radius 2 is 0.772 bits per heavy atom. The topological polar surface area (TPSA) is 556 Å². The quantitative estimate of drug-likeness (QED) is 0.0112. The molecule has 0 saturated heterocycles. The molecule has 31 heteroatoms. The number of carboxylic acids is 1. The number of hydrogen-bond acceptors (Lipinski definition) is 13. The Labute approximate surface area is 532 Å². The predicted octanol–water partition coefficient (Wildman–Crippen LogP) is -2.26. The summed E-state index contributed by atoms with van der Waals surface area (Å²) >= 11 is 0. The smallest absolute Gasteiger partial charge is 0.326 e. The number of carbonyl (C=O) groups is 8. The van der Waals surface area contributed by atoms with Crippen molar-refractivity contribution in [3.05, 3.63) is 108 Å². The van der Waals surface area contributed by atoms with Gasteiger partial charge in [-0.05, 0) is 92.5 Å². The fourth-order valence-corrected chi connectivity index (χ4v) is 10.1. The van der Waals surface area contributed by atoms with Crippen LogP contribution in [0.5, 0.6) is 0 Å². The van der Waals surface area contributed by atoms with Gasteiger partial charge in [-0.15, -0.1) is 0 Å². The summed E-state index contributed by atoms with van der Waals surface area (Å²) in [5.74, 6) is -8.44. The van der Waals surface area contributed by atoms with E-state index in [9.17, 15) is 33.9 Å². The van der Waals surface area contributed by atoms with E-state index in [2.05, 4.69) is 67.2 Å². The minimum absolute atomic E-state index is 0.0108. The van der Waals surface area contributed by atoms with E-state index in [1.807, 2.05) is 72.8 Å². The summed E-state index contributed by atoms with van der Waals surface area (Å²) in [4.78, 5) is 137. The molecule has 0 aliphatic carbocycles. The van der Waals surface area contributed by atoms with Crippen LogP contribution in [0, 0.1) is 5.92 Å². The second-order valence-corrected chi connectivity index (χ2v) is 22.3. The number of H-pyrrole nitrogens is 2. The maximum atomic E-state index is 15.1. The first kappa shape index (κ1) is 72.3. The highest BCUT2D eigenvalue weighted by Crippen LogP contribution is 2.22. The van der Waals surface area contributed by atoms with E-state index in [1.54, 1.807) is 32.3 Å². The lowest BCUT2D eigenvalue weighted by molar-refractivity contribution is -0.142. The number of fused-ring (bicyclic) bond motifs is 2. The van der Waals surface area contributed by atoms with Gasteiger partial charge in [0.1, 0.15) is 42.3 Å². The lowest BCUT2D eigenvalue weighted by Gasteiger charge is -2.29. The number of aromatic amines is 2. The van der Waals surface area contributed by atoms with Crippen molar-refractivity contribution in [3.8, 4) is 0 Å². The highest BCUT2D eigenvalue weighted by Gasteiger charge is 2.36. The normalized spacial score (nSPS) is 14.0. The van der Waals surface area contributed by atoms with Crippen molar-refractivity contribution >= 4 is 93.0 Å². The van der Waals surface area contributed by atoms with Gasteiger partial charge < -0.3 is 104 Å². The summed E-state index contributed by atoms with van der Waals surface area (Å²) in [5.41, 5.74) is 54.5. The van der Waals surface area contributed by atoms with Crippen molar-refractivity contribution in [1.82, 2.24) is 47.2 Å². The van der Waals surface area contributed by atoms with Gasteiger partial charge in [-0.2, -0.15) is 0 Å². The number of amides is 7. The SMILES string of the molecule is CC[C@H](C)[C@H](NC(=O)[C@H](Cc1c[nH]c2ccccc12)NC(=O)[C@H](CCCN=C(N)N)NC(=O)[C@H](CCCN=C(N)N)NC(=O)[C@H](Cc1c[nH]c2ccccc12)NC(=O)[C@@H](N)Cc1ccccc1)C(=O)N[C@@H](CCCN=C(N)N)C(=O)N[C@@H](CCCN=C(N)N)C(=O)O. The molecule has 2 heterocycles. The molecule has 0 aliphatic heterocycles. The lowest BCUT2D eigenvalue weighted by Crippen LogP contribution is -2.61. The van der Waals surface area contributed by atoms with Crippen LogP contribution in [0.2, 0.25) is 0 Å². The summed E-state index contributed by atoms with van der Waals surface area (Å²) in [6.07, 6.45) is 3.92. The number of nitrogens with one attached hydrogen (secondary N) is 9. The molecule has 28 N–H and O–H groups in total. The summed E-state index contributed by atoms with van der Waals surface area (Å²) in [6, 6.07) is 12.9. The average molecular weight is 1280 g/mol. The van der Waals surface area contributed by atoms with E-state index in [-0.39, 0.29) is 121 Å². The number of hydrogen-bond donors (Lipinski definition) is 19. The first-order valence-electron chi connectivity index (χ1n) is 30.4. The van der Waals surface area contributed by atoms with E-state index in [0.717, 1.165) is 16.5 Å². The number of para-hydroxylation sites is 2. The number of aliphatic carboxylic acids is 1. The highest BCUT2D eigenvalue weighted by molar-refractivity contribution is 5.99. The van der Waals surface area contributed by atoms with Gasteiger partial charge in [-0.3, -0.25) is 53.5 Å². The number of guanidine groups is 4. The lowest BCUT2D eigenvalue weighted by atomic mass is 9.96. The molecule has 92 heavy (non-hydrogen) atoms. The molecule has 0 aliphatic rings. The van der Waals surface area contributed by atoms with E-state index in [1.165, 1.54) is 0 Å². The molecular weight excluding hydrogens is 1180 g/mol. The zero-order valence-electron chi connectivity index (χ0n) is 51.9. The number of nitrogens with zero attached hydrogens (tertiary/aromatic N) is 4. The zero-order chi connectivity index (χ0) is 67.3. The molecule has 5 rings (SSSR count). The van der Waals surface area contributed by atoms with Crippen LogP contribution in [0.1, 0.15) is 88.3 Å². The third kappa shape index (κ3) is 23.8. The fraction of sp³-hybridized carbons (Fsp3) is 0.443. The monoisotopic (exact) mass is 1270 g/mol. The maximum absolute atomic E-state index is 15.1. The molecule has 0 spiro atoms. The molecule has 498 valence electrons. The minimum Gasteiger partial charge on any atom is -0.480 e. The van der Waals surface area contributed by atoms with Crippen LogP contribution in [-0.4, -0.2) is 161 Å². The number of carboxylic acid groups (broad SMARTS) is 1. The molecule has 3 aromatic carbocycles. The molecule has 0 saturated carbocycles. The molecule has 7 amide bonds. The van der Waals surface area contributed by atoms with Gasteiger partial charge >= 0.3 is 5.97 Å². The van der Waals surface area contributed by atoms with Crippen molar-refractivity contribution in [1.29, 1.82) is 0 Å². The first-order chi connectivity index (χ1) is 43.9. The maximum Gasteiger partial charge on any atom is 0.326 e. The van der Waals surface area contributed by atoms with Crippen LogP contribution in [-0.2, 0) is 57.6 Å². The number of aromatic nitrogens is 2.